The molecule has 1 fully saturated rings. The topological polar surface area (TPSA) is 114 Å². The SMILES string of the molecule is Cc1ccc(-c2cn3c(-c4ccc(C(=O)NC5CC5)cc4)cnc3c(NCC(C)C)n2)cc1CC(N)=O. The van der Waals surface area contributed by atoms with Gasteiger partial charge in [0.15, 0.2) is 11.5 Å². The molecular weight excluding hydrogens is 464 g/mol. The number of nitrogens with zero attached hydrogens (tertiary/aromatic N) is 3. The lowest BCUT2D eigenvalue weighted by Gasteiger charge is -2.14. The Hall–Kier alpha value is -4.20. The second-order valence-corrected chi connectivity index (χ2v) is 10.2. The molecule has 0 radical (unpaired) electrons. The number of nitrogens with one attached hydrogen (secondary N) is 2. The van der Waals surface area contributed by atoms with Gasteiger partial charge in [-0.05, 0) is 55.0 Å². The third kappa shape index (κ3) is 5.48. The van der Waals surface area contributed by atoms with Crippen molar-refractivity contribution in [3.63, 3.8) is 0 Å². The fourth-order valence-electron chi connectivity index (χ4n) is 4.26. The first-order valence-electron chi connectivity index (χ1n) is 12.7. The average molecular weight is 497 g/mol. The number of nitrogens with two attached hydrogens (primary N) is 1. The molecule has 8 heteroatoms. The van der Waals surface area contributed by atoms with Gasteiger partial charge in [-0.1, -0.05) is 38.1 Å². The van der Waals surface area contributed by atoms with Gasteiger partial charge in [-0.3, -0.25) is 14.0 Å². The maximum absolute atomic E-state index is 12.4. The third-order valence-corrected chi connectivity index (χ3v) is 6.54. The summed E-state index contributed by atoms with van der Waals surface area (Å²) in [5, 5.41) is 6.48. The van der Waals surface area contributed by atoms with Crippen LogP contribution in [0.4, 0.5) is 5.82 Å². The Bertz CT molecular complexity index is 1470. The number of aryl methyl sites for hydroxylation is 1. The average Bonchev–Trinajstić information content (AvgIpc) is 3.58. The van der Waals surface area contributed by atoms with Crippen LogP contribution in [0.3, 0.4) is 0 Å². The van der Waals surface area contributed by atoms with Gasteiger partial charge in [0.1, 0.15) is 0 Å². The van der Waals surface area contributed by atoms with Crippen LogP contribution in [0.25, 0.3) is 28.2 Å². The second kappa shape index (κ2) is 10.0. The van der Waals surface area contributed by atoms with E-state index in [0.717, 1.165) is 58.7 Å². The van der Waals surface area contributed by atoms with Crippen LogP contribution in [-0.4, -0.2) is 38.8 Å². The molecule has 190 valence electrons. The van der Waals surface area contributed by atoms with Gasteiger partial charge in [-0.15, -0.1) is 0 Å². The molecule has 2 aromatic carbocycles. The summed E-state index contributed by atoms with van der Waals surface area (Å²) in [7, 11) is 0. The van der Waals surface area contributed by atoms with Crippen LogP contribution in [0.5, 0.6) is 0 Å². The Morgan fingerprint density at radius 1 is 1.11 bits per heavy atom. The van der Waals surface area contributed by atoms with E-state index in [9.17, 15) is 9.59 Å². The molecule has 2 aromatic heterocycles. The lowest BCUT2D eigenvalue weighted by molar-refractivity contribution is -0.117. The minimum Gasteiger partial charge on any atom is -0.369 e. The molecule has 1 saturated carbocycles. The molecule has 0 atom stereocenters. The zero-order valence-electron chi connectivity index (χ0n) is 21.4. The first-order valence-corrected chi connectivity index (χ1v) is 12.7. The largest absolute Gasteiger partial charge is 0.369 e. The van der Waals surface area contributed by atoms with Crippen molar-refractivity contribution < 1.29 is 9.59 Å². The highest BCUT2D eigenvalue weighted by atomic mass is 16.2. The summed E-state index contributed by atoms with van der Waals surface area (Å²) in [6.45, 7) is 7.00. The Balaban J connectivity index is 1.56. The number of aromatic nitrogens is 3. The van der Waals surface area contributed by atoms with Crippen LogP contribution in [0.2, 0.25) is 0 Å². The molecule has 2 heterocycles. The van der Waals surface area contributed by atoms with E-state index in [-0.39, 0.29) is 18.2 Å². The van der Waals surface area contributed by atoms with Crippen LogP contribution in [-0.2, 0) is 11.2 Å². The summed E-state index contributed by atoms with van der Waals surface area (Å²) in [6, 6.07) is 13.9. The number of anilines is 1. The lowest BCUT2D eigenvalue weighted by atomic mass is 10.0. The van der Waals surface area contributed by atoms with Gasteiger partial charge in [-0.25, -0.2) is 9.97 Å². The minimum atomic E-state index is -0.367. The minimum absolute atomic E-state index is 0.0370. The highest BCUT2D eigenvalue weighted by Crippen LogP contribution is 2.29. The number of carbonyl (C=O) groups excluding carboxylic acids is 2. The van der Waals surface area contributed by atoms with Gasteiger partial charge in [0.05, 0.1) is 24.0 Å². The van der Waals surface area contributed by atoms with E-state index in [4.69, 9.17) is 10.7 Å². The van der Waals surface area contributed by atoms with E-state index in [1.807, 2.05) is 66.2 Å². The predicted molar refractivity (Wildman–Crippen MR) is 145 cm³/mol. The maximum Gasteiger partial charge on any atom is 0.251 e. The van der Waals surface area contributed by atoms with E-state index in [2.05, 4.69) is 29.5 Å². The molecular formula is C29H32N6O2. The maximum atomic E-state index is 12.4. The number of primary amides is 1. The Labute approximate surface area is 216 Å². The molecule has 2 amide bonds. The third-order valence-electron chi connectivity index (χ3n) is 6.54. The van der Waals surface area contributed by atoms with Gasteiger partial charge < -0.3 is 16.4 Å². The number of rotatable bonds is 9. The smallest absolute Gasteiger partial charge is 0.251 e. The molecule has 8 nitrogen and oxygen atoms in total. The van der Waals surface area contributed by atoms with Gasteiger partial charge in [-0.2, -0.15) is 0 Å². The van der Waals surface area contributed by atoms with Crippen molar-refractivity contribution in [2.45, 2.75) is 46.1 Å². The Kier molecular flexibility index (Phi) is 6.65. The van der Waals surface area contributed by atoms with E-state index in [1.165, 1.54) is 0 Å². The number of benzene rings is 2. The first-order chi connectivity index (χ1) is 17.8. The first kappa shape index (κ1) is 24.5. The van der Waals surface area contributed by atoms with Crippen LogP contribution in [0.1, 0.15) is 48.2 Å². The number of carbonyl (C=O) groups is 2. The van der Waals surface area contributed by atoms with Crippen molar-refractivity contribution in [1.29, 1.82) is 0 Å². The number of hydrogen-bond acceptors (Lipinski definition) is 5. The molecule has 0 spiro atoms. The molecule has 5 rings (SSSR count). The molecule has 1 aliphatic carbocycles. The molecule has 0 unspecified atom stereocenters. The highest BCUT2D eigenvalue weighted by molar-refractivity contribution is 5.95. The van der Waals surface area contributed by atoms with Gasteiger partial charge in [0, 0.05) is 35.5 Å². The normalized spacial score (nSPS) is 13.2. The number of imidazole rings is 1. The van der Waals surface area contributed by atoms with Crippen LogP contribution in [0, 0.1) is 12.8 Å². The van der Waals surface area contributed by atoms with Gasteiger partial charge >= 0.3 is 0 Å². The standard InChI is InChI=1S/C29H32N6O2/c1-17(2)14-31-27-28-32-15-25(19-6-8-20(9-7-19)29(37)33-23-10-11-23)35(28)16-24(34-27)21-5-4-18(3)22(12-21)13-26(30)36/h4-9,12,15-17,23H,10-11,13-14H2,1-3H3,(H2,30,36)(H,31,34)(H,33,37). The molecule has 4 aromatic rings. The number of amides is 2. The van der Waals surface area contributed by atoms with E-state index >= 15 is 0 Å². The van der Waals surface area contributed by atoms with Gasteiger partial charge in [0.2, 0.25) is 5.91 Å². The van der Waals surface area contributed by atoms with Crippen LogP contribution < -0.4 is 16.4 Å². The monoisotopic (exact) mass is 496 g/mol. The quantitative estimate of drug-likeness (QED) is 0.319. The highest BCUT2D eigenvalue weighted by Gasteiger charge is 2.24. The molecule has 0 bridgehead atoms. The summed E-state index contributed by atoms with van der Waals surface area (Å²) in [5.74, 6) is 0.713. The molecule has 0 aliphatic heterocycles. The predicted octanol–water partition coefficient (Wildman–Crippen LogP) is 4.36. The van der Waals surface area contributed by atoms with E-state index < -0.39 is 0 Å². The molecule has 4 N–H and O–H groups in total. The lowest BCUT2D eigenvalue weighted by Crippen LogP contribution is -2.25. The Morgan fingerprint density at radius 2 is 1.84 bits per heavy atom. The molecule has 37 heavy (non-hydrogen) atoms. The van der Waals surface area contributed by atoms with E-state index in [0.29, 0.717) is 23.3 Å². The van der Waals surface area contributed by atoms with Gasteiger partial charge in [0.25, 0.3) is 5.91 Å². The zero-order valence-corrected chi connectivity index (χ0v) is 21.4. The fourth-order valence-corrected chi connectivity index (χ4v) is 4.26. The fraction of sp³-hybridized carbons (Fsp3) is 0.310. The zero-order chi connectivity index (χ0) is 26.1. The van der Waals surface area contributed by atoms with Crippen LogP contribution in [0.15, 0.2) is 54.9 Å². The molecule has 1 aliphatic rings. The van der Waals surface area contributed by atoms with Crippen molar-refractivity contribution in [3.8, 4) is 22.5 Å². The summed E-state index contributed by atoms with van der Waals surface area (Å²) < 4.78 is 2.03. The second-order valence-electron chi connectivity index (χ2n) is 10.2. The van der Waals surface area contributed by atoms with Crippen molar-refractivity contribution in [2.24, 2.45) is 11.7 Å². The Morgan fingerprint density at radius 3 is 2.51 bits per heavy atom. The molecule has 0 saturated heterocycles. The van der Waals surface area contributed by atoms with E-state index in [1.54, 1.807) is 0 Å². The summed E-state index contributed by atoms with van der Waals surface area (Å²) in [6.07, 6.45) is 6.08. The summed E-state index contributed by atoms with van der Waals surface area (Å²) in [5.41, 5.74) is 12.2. The van der Waals surface area contributed by atoms with Crippen molar-refractivity contribution >= 4 is 23.3 Å². The van der Waals surface area contributed by atoms with Crippen LogP contribution >= 0.6 is 0 Å². The van der Waals surface area contributed by atoms with Crippen molar-refractivity contribution in [3.05, 3.63) is 71.5 Å². The summed E-state index contributed by atoms with van der Waals surface area (Å²) in [4.78, 5) is 33.6. The van der Waals surface area contributed by atoms with Crippen molar-refractivity contribution in [1.82, 2.24) is 19.7 Å². The number of hydrogen-bond donors (Lipinski definition) is 3. The van der Waals surface area contributed by atoms with Crippen molar-refractivity contribution in [2.75, 3.05) is 11.9 Å². The number of fused-ring (bicyclic) bond motifs is 1. The summed E-state index contributed by atoms with van der Waals surface area (Å²) >= 11 is 0.